The van der Waals surface area contributed by atoms with Gasteiger partial charge in [-0.25, -0.2) is 0 Å². The van der Waals surface area contributed by atoms with E-state index < -0.39 is 0 Å². The highest BCUT2D eigenvalue weighted by molar-refractivity contribution is 5.91. The first kappa shape index (κ1) is 15.1. The Bertz CT molecular complexity index is 567. The van der Waals surface area contributed by atoms with E-state index in [1.54, 1.807) is 0 Å². The standard InChI is InChI=1S/C17H20N2O2/c1-2-21-15-10-8-14(9-11-15)19-17(20)12-16(18)13-6-4-3-5-7-13/h3-11,16H,2,12,18H2,1H3,(H,19,20). The van der Waals surface area contributed by atoms with Crippen molar-refractivity contribution in [3.8, 4) is 5.75 Å². The van der Waals surface area contributed by atoms with Crippen LogP contribution in [-0.4, -0.2) is 12.5 Å². The van der Waals surface area contributed by atoms with Crippen LogP contribution in [0.5, 0.6) is 5.75 Å². The summed E-state index contributed by atoms with van der Waals surface area (Å²) in [5.74, 6) is 0.687. The second kappa shape index (κ2) is 7.45. The molecule has 4 heteroatoms. The SMILES string of the molecule is CCOc1ccc(NC(=O)CC(N)c2ccccc2)cc1. The Morgan fingerprint density at radius 2 is 1.81 bits per heavy atom. The molecule has 1 unspecified atom stereocenters. The van der Waals surface area contributed by atoms with Crippen LogP contribution in [0, 0.1) is 0 Å². The monoisotopic (exact) mass is 284 g/mol. The van der Waals surface area contributed by atoms with Gasteiger partial charge in [0.25, 0.3) is 0 Å². The van der Waals surface area contributed by atoms with Crippen molar-refractivity contribution >= 4 is 11.6 Å². The molecule has 0 fully saturated rings. The molecule has 1 atom stereocenters. The third kappa shape index (κ3) is 4.61. The molecule has 1 amide bonds. The lowest BCUT2D eigenvalue weighted by molar-refractivity contribution is -0.116. The molecule has 4 nitrogen and oxygen atoms in total. The van der Waals surface area contributed by atoms with Crippen molar-refractivity contribution < 1.29 is 9.53 Å². The van der Waals surface area contributed by atoms with Gasteiger partial charge in [0.15, 0.2) is 0 Å². The normalized spacial score (nSPS) is 11.7. The van der Waals surface area contributed by atoms with Crippen LogP contribution in [0.2, 0.25) is 0 Å². The summed E-state index contributed by atoms with van der Waals surface area (Å²) in [5.41, 5.74) is 7.73. The van der Waals surface area contributed by atoms with Gasteiger partial charge < -0.3 is 15.8 Å². The van der Waals surface area contributed by atoms with E-state index in [2.05, 4.69) is 5.32 Å². The number of amides is 1. The highest BCUT2D eigenvalue weighted by Gasteiger charge is 2.11. The summed E-state index contributed by atoms with van der Waals surface area (Å²) in [7, 11) is 0. The molecule has 0 saturated heterocycles. The number of carbonyl (C=O) groups excluding carboxylic acids is 1. The molecule has 110 valence electrons. The van der Waals surface area contributed by atoms with Gasteiger partial charge in [-0.3, -0.25) is 4.79 Å². The second-order valence-corrected chi connectivity index (χ2v) is 4.73. The van der Waals surface area contributed by atoms with E-state index in [1.165, 1.54) is 0 Å². The molecule has 0 radical (unpaired) electrons. The quantitative estimate of drug-likeness (QED) is 0.856. The Hall–Kier alpha value is -2.33. The van der Waals surface area contributed by atoms with Gasteiger partial charge in [0, 0.05) is 18.2 Å². The summed E-state index contributed by atoms with van der Waals surface area (Å²) >= 11 is 0. The number of anilines is 1. The first-order valence-corrected chi connectivity index (χ1v) is 7.02. The Kier molecular flexibility index (Phi) is 5.35. The third-order valence-corrected chi connectivity index (χ3v) is 3.08. The fourth-order valence-corrected chi connectivity index (χ4v) is 2.03. The van der Waals surface area contributed by atoms with Crippen LogP contribution >= 0.6 is 0 Å². The van der Waals surface area contributed by atoms with Gasteiger partial charge in [0.1, 0.15) is 5.75 Å². The van der Waals surface area contributed by atoms with Crippen LogP contribution < -0.4 is 15.8 Å². The zero-order chi connectivity index (χ0) is 15.1. The van der Waals surface area contributed by atoms with Crippen molar-refractivity contribution in [1.29, 1.82) is 0 Å². The maximum Gasteiger partial charge on any atom is 0.226 e. The second-order valence-electron chi connectivity index (χ2n) is 4.73. The maximum atomic E-state index is 12.0. The number of rotatable bonds is 6. The molecule has 0 aliphatic carbocycles. The number of carbonyl (C=O) groups is 1. The molecule has 0 bridgehead atoms. The first-order valence-electron chi connectivity index (χ1n) is 7.02. The van der Waals surface area contributed by atoms with Gasteiger partial charge in [-0.05, 0) is 36.8 Å². The van der Waals surface area contributed by atoms with Crippen molar-refractivity contribution in [3.63, 3.8) is 0 Å². The summed E-state index contributed by atoms with van der Waals surface area (Å²) < 4.78 is 5.36. The molecule has 0 aromatic heterocycles. The zero-order valence-electron chi connectivity index (χ0n) is 12.1. The van der Waals surface area contributed by atoms with Gasteiger partial charge in [0.05, 0.1) is 6.61 Å². The van der Waals surface area contributed by atoms with Gasteiger partial charge in [-0.2, -0.15) is 0 Å². The molecular weight excluding hydrogens is 264 g/mol. The largest absolute Gasteiger partial charge is 0.494 e. The average Bonchev–Trinajstić information content (AvgIpc) is 2.50. The van der Waals surface area contributed by atoms with Gasteiger partial charge in [0.2, 0.25) is 5.91 Å². The number of hydrogen-bond donors (Lipinski definition) is 2. The molecule has 2 rings (SSSR count). The highest BCUT2D eigenvalue weighted by atomic mass is 16.5. The molecule has 0 spiro atoms. The summed E-state index contributed by atoms with van der Waals surface area (Å²) in [6, 6.07) is 16.6. The maximum absolute atomic E-state index is 12.0. The summed E-state index contributed by atoms with van der Waals surface area (Å²) in [6.45, 7) is 2.55. The van der Waals surface area contributed by atoms with E-state index in [0.29, 0.717) is 6.61 Å². The van der Waals surface area contributed by atoms with Crippen LogP contribution in [0.1, 0.15) is 24.9 Å². The topological polar surface area (TPSA) is 64.3 Å². The molecule has 21 heavy (non-hydrogen) atoms. The lowest BCUT2D eigenvalue weighted by Crippen LogP contribution is -2.20. The number of ether oxygens (including phenoxy) is 1. The van der Waals surface area contributed by atoms with E-state index in [1.807, 2.05) is 61.5 Å². The molecule has 0 heterocycles. The molecule has 3 N–H and O–H groups in total. The minimum Gasteiger partial charge on any atom is -0.494 e. The van der Waals surface area contributed by atoms with Crippen LogP contribution in [0.4, 0.5) is 5.69 Å². The lowest BCUT2D eigenvalue weighted by atomic mass is 10.0. The number of benzene rings is 2. The summed E-state index contributed by atoms with van der Waals surface area (Å²) in [6.07, 6.45) is 0.247. The van der Waals surface area contributed by atoms with Crippen molar-refractivity contribution in [2.75, 3.05) is 11.9 Å². The van der Waals surface area contributed by atoms with Crippen LogP contribution in [-0.2, 0) is 4.79 Å². The van der Waals surface area contributed by atoms with Gasteiger partial charge in [-0.1, -0.05) is 30.3 Å². The molecular formula is C17H20N2O2. The number of nitrogens with two attached hydrogens (primary N) is 1. The first-order chi connectivity index (χ1) is 10.2. The zero-order valence-corrected chi connectivity index (χ0v) is 12.1. The minimum absolute atomic E-state index is 0.101. The Morgan fingerprint density at radius 1 is 1.14 bits per heavy atom. The smallest absolute Gasteiger partial charge is 0.226 e. The van der Waals surface area contributed by atoms with E-state index >= 15 is 0 Å². The van der Waals surface area contributed by atoms with Crippen LogP contribution in [0.15, 0.2) is 54.6 Å². The van der Waals surface area contributed by atoms with Crippen LogP contribution in [0.25, 0.3) is 0 Å². The van der Waals surface area contributed by atoms with Crippen molar-refractivity contribution in [1.82, 2.24) is 0 Å². The summed E-state index contributed by atoms with van der Waals surface area (Å²) in [4.78, 5) is 12.0. The Labute approximate surface area is 124 Å². The van der Waals surface area contributed by atoms with Crippen molar-refractivity contribution in [3.05, 3.63) is 60.2 Å². The van der Waals surface area contributed by atoms with E-state index in [9.17, 15) is 4.79 Å². The third-order valence-electron chi connectivity index (χ3n) is 3.08. The lowest BCUT2D eigenvalue weighted by Gasteiger charge is -2.12. The Balaban J connectivity index is 1.89. The average molecular weight is 284 g/mol. The predicted octanol–water partition coefficient (Wildman–Crippen LogP) is 3.11. The molecule has 0 saturated carbocycles. The molecule has 0 aliphatic heterocycles. The highest BCUT2D eigenvalue weighted by Crippen LogP contribution is 2.18. The molecule has 2 aromatic rings. The van der Waals surface area contributed by atoms with Crippen molar-refractivity contribution in [2.24, 2.45) is 5.73 Å². The summed E-state index contributed by atoms with van der Waals surface area (Å²) in [5, 5.41) is 2.84. The van der Waals surface area contributed by atoms with Crippen molar-refractivity contribution in [2.45, 2.75) is 19.4 Å². The Morgan fingerprint density at radius 3 is 2.43 bits per heavy atom. The minimum atomic E-state index is -0.297. The van der Waals surface area contributed by atoms with E-state index in [-0.39, 0.29) is 18.4 Å². The van der Waals surface area contributed by atoms with Crippen LogP contribution in [0.3, 0.4) is 0 Å². The fraction of sp³-hybridized carbons (Fsp3) is 0.235. The predicted molar refractivity (Wildman–Crippen MR) is 84.2 cm³/mol. The number of nitrogens with one attached hydrogen (secondary N) is 1. The van der Waals surface area contributed by atoms with E-state index in [4.69, 9.17) is 10.5 Å². The number of hydrogen-bond acceptors (Lipinski definition) is 3. The fourth-order valence-electron chi connectivity index (χ4n) is 2.03. The molecule has 2 aromatic carbocycles. The van der Waals surface area contributed by atoms with E-state index in [0.717, 1.165) is 17.0 Å². The van der Waals surface area contributed by atoms with Gasteiger partial charge >= 0.3 is 0 Å². The molecule has 0 aliphatic rings. The van der Waals surface area contributed by atoms with Gasteiger partial charge in [-0.15, -0.1) is 0 Å².